The number of rotatable bonds is 3. The maximum Gasteiger partial charge on any atom is 0.329 e. The van der Waals surface area contributed by atoms with Crippen molar-refractivity contribution in [1.82, 2.24) is 15.1 Å². The van der Waals surface area contributed by atoms with Gasteiger partial charge in [-0.1, -0.05) is 6.07 Å². The third-order valence-electron chi connectivity index (χ3n) is 4.75. The van der Waals surface area contributed by atoms with Crippen molar-refractivity contribution in [2.45, 2.75) is 25.4 Å². The Bertz CT molecular complexity index is 816. The quantitative estimate of drug-likeness (QED) is 0.866. The van der Waals surface area contributed by atoms with Crippen LogP contribution in [0.1, 0.15) is 12.5 Å². The topological polar surface area (TPSA) is 70.5 Å². The fourth-order valence-electron chi connectivity index (χ4n) is 3.41. The molecule has 7 heteroatoms. The van der Waals surface area contributed by atoms with Crippen LogP contribution in [0.4, 0.5) is 16.2 Å². The van der Waals surface area contributed by atoms with Crippen LogP contribution >= 0.6 is 0 Å². The largest absolute Gasteiger partial charge is 0.374 e. The second-order valence-electron chi connectivity index (χ2n) is 6.59. The van der Waals surface area contributed by atoms with Crippen molar-refractivity contribution in [2.75, 3.05) is 23.4 Å². The minimum absolute atomic E-state index is 0.261. The number of urea groups is 1. The van der Waals surface area contributed by atoms with E-state index < -0.39 is 11.6 Å². The molecule has 3 heterocycles. The van der Waals surface area contributed by atoms with Crippen molar-refractivity contribution in [1.29, 1.82) is 0 Å². The van der Waals surface area contributed by atoms with Gasteiger partial charge in [-0.05, 0) is 37.1 Å². The molecule has 2 aromatic rings. The molecule has 2 aliphatic rings. The van der Waals surface area contributed by atoms with E-state index in [2.05, 4.69) is 15.3 Å². The molecule has 1 aromatic heterocycles. The van der Waals surface area contributed by atoms with Crippen LogP contribution in [-0.4, -0.2) is 40.9 Å². The maximum absolute atomic E-state index is 12.9. The molecular formula is C17H19N5O2. The van der Waals surface area contributed by atoms with Crippen LogP contribution < -0.4 is 15.1 Å². The molecule has 1 unspecified atom stereocenters. The maximum atomic E-state index is 12.9. The molecule has 24 heavy (non-hydrogen) atoms. The van der Waals surface area contributed by atoms with Gasteiger partial charge in [-0.15, -0.1) is 0 Å². The smallest absolute Gasteiger partial charge is 0.329 e. The molecule has 1 saturated heterocycles. The van der Waals surface area contributed by atoms with E-state index in [1.165, 1.54) is 10.5 Å². The van der Waals surface area contributed by atoms with Gasteiger partial charge in [-0.25, -0.2) is 9.69 Å². The number of nitrogens with zero attached hydrogens (tertiary/aromatic N) is 4. The molecule has 7 nitrogen and oxygen atoms in total. The Morgan fingerprint density at radius 3 is 2.92 bits per heavy atom. The zero-order chi connectivity index (χ0) is 16.9. The van der Waals surface area contributed by atoms with Crippen LogP contribution in [0.25, 0.3) is 0 Å². The summed E-state index contributed by atoms with van der Waals surface area (Å²) in [5, 5.41) is 6.94. The molecule has 1 atom stereocenters. The summed E-state index contributed by atoms with van der Waals surface area (Å²) < 4.78 is 1.65. The molecule has 4 rings (SSSR count). The lowest BCUT2D eigenvalue weighted by Gasteiger charge is -2.22. The first-order valence-electron chi connectivity index (χ1n) is 7.96. The summed E-state index contributed by atoms with van der Waals surface area (Å²) >= 11 is 0. The van der Waals surface area contributed by atoms with Gasteiger partial charge in [0.1, 0.15) is 5.54 Å². The first-order chi connectivity index (χ1) is 11.5. The zero-order valence-electron chi connectivity index (χ0n) is 13.7. The van der Waals surface area contributed by atoms with Crippen LogP contribution in [0, 0.1) is 0 Å². The van der Waals surface area contributed by atoms with Crippen LogP contribution in [0.15, 0.2) is 36.7 Å². The van der Waals surface area contributed by atoms with Gasteiger partial charge in [0, 0.05) is 31.7 Å². The molecule has 1 N–H and O–H groups in total. The summed E-state index contributed by atoms with van der Waals surface area (Å²) in [4.78, 5) is 28.8. The van der Waals surface area contributed by atoms with Crippen LogP contribution in [0.3, 0.4) is 0 Å². The molecule has 0 aliphatic carbocycles. The standard InChI is InChI=1S/C17H19N5O2/c1-17(11-21-8-3-7-18-21)15(23)22(16(24)19-17)13-5-4-12-6-9-20(2)14(12)10-13/h3-5,7-8,10H,6,9,11H2,1-2H3,(H,19,24). The lowest BCUT2D eigenvalue weighted by atomic mass is 10.0. The summed E-state index contributed by atoms with van der Waals surface area (Å²) in [5.41, 5.74) is 1.92. The third kappa shape index (κ3) is 2.16. The molecule has 2 aliphatic heterocycles. The Labute approximate surface area is 139 Å². The zero-order valence-corrected chi connectivity index (χ0v) is 13.7. The molecular weight excluding hydrogens is 306 g/mol. The number of fused-ring (bicyclic) bond motifs is 1. The van der Waals surface area contributed by atoms with Gasteiger partial charge in [-0.2, -0.15) is 5.10 Å². The van der Waals surface area contributed by atoms with Crippen LogP contribution in [0.5, 0.6) is 0 Å². The van der Waals surface area contributed by atoms with E-state index >= 15 is 0 Å². The molecule has 3 amide bonds. The second-order valence-corrected chi connectivity index (χ2v) is 6.59. The normalized spacial score (nSPS) is 22.9. The summed E-state index contributed by atoms with van der Waals surface area (Å²) in [6.45, 7) is 2.98. The van der Waals surface area contributed by atoms with Crippen molar-refractivity contribution in [3.63, 3.8) is 0 Å². The predicted octanol–water partition coefficient (Wildman–Crippen LogP) is 1.39. The summed E-state index contributed by atoms with van der Waals surface area (Å²) in [6.07, 6.45) is 4.42. The van der Waals surface area contributed by atoms with E-state index in [1.54, 1.807) is 30.1 Å². The second kappa shape index (κ2) is 5.09. The van der Waals surface area contributed by atoms with Gasteiger partial charge >= 0.3 is 6.03 Å². The molecule has 0 saturated carbocycles. The fourth-order valence-corrected chi connectivity index (χ4v) is 3.41. The van der Waals surface area contributed by atoms with Crippen molar-refractivity contribution in [3.8, 4) is 0 Å². The number of imide groups is 1. The number of aromatic nitrogens is 2. The minimum Gasteiger partial charge on any atom is -0.374 e. The average molecular weight is 325 g/mol. The van der Waals surface area contributed by atoms with Crippen molar-refractivity contribution in [2.24, 2.45) is 0 Å². The van der Waals surface area contributed by atoms with E-state index in [1.807, 2.05) is 25.2 Å². The Morgan fingerprint density at radius 2 is 2.17 bits per heavy atom. The van der Waals surface area contributed by atoms with Crippen molar-refractivity contribution in [3.05, 3.63) is 42.2 Å². The Kier molecular flexibility index (Phi) is 3.13. The number of carbonyl (C=O) groups is 2. The highest BCUT2D eigenvalue weighted by molar-refractivity contribution is 6.23. The number of nitrogens with one attached hydrogen (secondary N) is 1. The van der Waals surface area contributed by atoms with Gasteiger partial charge in [-0.3, -0.25) is 9.48 Å². The highest BCUT2D eigenvalue weighted by Crippen LogP contribution is 2.33. The Morgan fingerprint density at radius 1 is 1.33 bits per heavy atom. The monoisotopic (exact) mass is 325 g/mol. The van der Waals surface area contributed by atoms with Crippen molar-refractivity contribution >= 4 is 23.3 Å². The van der Waals surface area contributed by atoms with Crippen LogP contribution in [-0.2, 0) is 17.8 Å². The van der Waals surface area contributed by atoms with E-state index in [0.717, 1.165) is 18.7 Å². The van der Waals surface area contributed by atoms with Gasteiger partial charge < -0.3 is 10.2 Å². The van der Waals surface area contributed by atoms with Gasteiger partial charge in [0.15, 0.2) is 0 Å². The third-order valence-corrected chi connectivity index (χ3v) is 4.75. The lowest BCUT2D eigenvalue weighted by Crippen LogP contribution is -2.47. The Hall–Kier alpha value is -2.83. The number of benzene rings is 1. The molecule has 1 aromatic carbocycles. The molecule has 0 bridgehead atoms. The van der Waals surface area contributed by atoms with E-state index in [0.29, 0.717) is 12.2 Å². The first-order valence-corrected chi connectivity index (χ1v) is 7.96. The number of likely N-dealkylation sites (N-methyl/N-ethyl adjacent to an activating group) is 1. The number of anilines is 2. The van der Waals surface area contributed by atoms with Gasteiger partial charge in [0.2, 0.25) is 0 Å². The molecule has 1 fully saturated rings. The molecule has 0 radical (unpaired) electrons. The van der Waals surface area contributed by atoms with Crippen molar-refractivity contribution < 1.29 is 9.59 Å². The predicted molar refractivity (Wildman–Crippen MR) is 90.1 cm³/mol. The Balaban J connectivity index is 1.66. The van der Waals surface area contributed by atoms with E-state index in [4.69, 9.17) is 0 Å². The first kappa shape index (κ1) is 14.7. The number of amides is 3. The lowest BCUT2D eigenvalue weighted by molar-refractivity contribution is -0.122. The number of hydrogen-bond acceptors (Lipinski definition) is 4. The SMILES string of the molecule is CN1CCc2ccc(N3C(=O)NC(C)(Cn4cccn4)C3=O)cc21. The van der Waals surface area contributed by atoms with E-state index in [-0.39, 0.29) is 5.91 Å². The number of carbonyl (C=O) groups excluding carboxylic acids is 2. The minimum atomic E-state index is -1.01. The van der Waals surface area contributed by atoms with Crippen LogP contribution in [0.2, 0.25) is 0 Å². The highest BCUT2D eigenvalue weighted by Gasteiger charge is 2.49. The summed E-state index contributed by atoms with van der Waals surface area (Å²) in [7, 11) is 2.02. The molecule has 0 spiro atoms. The number of hydrogen-bond donors (Lipinski definition) is 1. The van der Waals surface area contributed by atoms with Gasteiger partial charge in [0.05, 0.1) is 12.2 Å². The molecule has 124 valence electrons. The van der Waals surface area contributed by atoms with Gasteiger partial charge in [0.25, 0.3) is 5.91 Å². The fraction of sp³-hybridized carbons (Fsp3) is 0.353. The highest BCUT2D eigenvalue weighted by atomic mass is 16.2. The van der Waals surface area contributed by atoms with E-state index in [9.17, 15) is 9.59 Å². The summed E-state index contributed by atoms with van der Waals surface area (Å²) in [5.74, 6) is -0.261. The average Bonchev–Trinajstić information content (AvgIpc) is 3.22. The summed E-state index contributed by atoms with van der Waals surface area (Å²) in [6, 6.07) is 7.15.